The van der Waals surface area contributed by atoms with Gasteiger partial charge < -0.3 is 9.55 Å². The molecule has 2 nitrogen and oxygen atoms in total. The second-order valence-electron chi connectivity index (χ2n) is 4.62. The van der Waals surface area contributed by atoms with Crippen molar-refractivity contribution in [2.75, 3.05) is 0 Å². The maximum absolute atomic E-state index is 6.03. The van der Waals surface area contributed by atoms with Crippen LogP contribution < -0.4 is 0 Å². The lowest BCUT2D eigenvalue weighted by Crippen LogP contribution is -1.99. The van der Waals surface area contributed by atoms with Gasteiger partial charge in [0.1, 0.15) is 0 Å². The van der Waals surface area contributed by atoms with E-state index in [2.05, 4.69) is 40.7 Å². The zero-order chi connectivity index (χ0) is 13.4. The van der Waals surface area contributed by atoms with Gasteiger partial charge in [0.15, 0.2) is 4.77 Å². The predicted octanol–water partition coefficient (Wildman–Crippen LogP) is 4.71. The van der Waals surface area contributed by atoms with Crippen LogP contribution in [0.15, 0.2) is 42.5 Å². The number of nitrogens with one attached hydrogen (secondary N) is 1. The third-order valence-corrected chi connectivity index (χ3v) is 3.81. The van der Waals surface area contributed by atoms with Crippen molar-refractivity contribution >= 4 is 34.9 Å². The van der Waals surface area contributed by atoms with Crippen LogP contribution in [0.25, 0.3) is 11.0 Å². The summed E-state index contributed by atoms with van der Waals surface area (Å²) in [7, 11) is 0. The van der Waals surface area contributed by atoms with E-state index >= 15 is 0 Å². The van der Waals surface area contributed by atoms with E-state index in [9.17, 15) is 0 Å². The van der Waals surface area contributed by atoms with Gasteiger partial charge in [-0.1, -0.05) is 35.9 Å². The largest absolute Gasteiger partial charge is 0.330 e. The highest BCUT2D eigenvalue weighted by molar-refractivity contribution is 7.71. The Morgan fingerprint density at radius 3 is 2.79 bits per heavy atom. The number of aryl methyl sites for hydroxylation is 1. The number of H-pyrrole nitrogens is 1. The monoisotopic (exact) mass is 288 g/mol. The molecule has 0 spiro atoms. The van der Waals surface area contributed by atoms with E-state index in [1.165, 1.54) is 5.56 Å². The van der Waals surface area contributed by atoms with E-state index in [4.69, 9.17) is 23.8 Å². The number of hydrogen-bond acceptors (Lipinski definition) is 1. The molecule has 1 N–H and O–H groups in total. The summed E-state index contributed by atoms with van der Waals surface area (Å²) in [6.07, 6.45) is 0. The fourth-order valence-corrected chi connectivity index (χ4v) is 2.78. The maximum Gasteiger partial charge on any atom is 0.178 e. The minimum atomic E-state index is 0.725. The Morgan fingerprint density at radius 2 is 2.00 bits per heavy atom. The Kier molecular flexibility index (Phi) is 3.17. The second kappa shape index (κ2) is 4.83. The molecular weight excluding hydrogens is 276 g/mol. The van der Waals surface area contributed by atoms with Gasteiger partial charge in [-0.05, 0) is 48.5 Å². The lowest BCUT2D eigenvalue weighted by Gasteiger charge is -2.05. The van der Waals surface area contributed by atoms with Gasteiger partial charge in [0, 0.05) is 5.02 Å². The average Bonchev–Trinajstić information content (AvgIpc) is 2.69. The molecule has 0 unspecified atom stereocenters. The summed E-state index contributed by atoms with van der Waals surface area (Å²) < 4.78 is 2.84. The molecule has 0 amide bonds. The minimum absolute atomic E-state index is 0.725. The van der Waals surface area contributed by atoms with Gasteiger partial charge in [0.25, 0.3) is 0 Å². The smallest absolute Gasteiger partial charge is 0.178 e. The van der Waals surface area contributed by atoms with Gasteiger partial charge >= 0.3 is 0 Å². The summed E-state index contributed by atoms with van der Waals surface area (Å²) >= 11 is 11.4. The van der Waals surface area contributed by atoms with E-state index < -0.39 is 0 Å². The zero-order valence-electron chi connectivity index (χ0n) is 10.5. The normalized spacial score (nSPS) is 11.1. The molecule has 0 fully saturated rings. The van der Waals surface area contributed by atoms with E-state index in [1.807, 2.05) is 18.2 Å². The summed E-state index contributed by atoms with van der Waals surface area (Å²) in [5.74, 6) is 0. The van der Waals surface area contributed by atoms with Crippen LogP contribution in [-0.4, -0.2) is 9.55 Å². The number of rotatable bonds is 2. The van der Waals surface area contributed by atoms with Crippen molar-refractivity contribution < 1.29 is 0 Å². The molecule has 0 radical (unpaired) electrons. The molecule has 1 aromatic heterocycles. The highest BCUT2D eigenvalue weighted by atomic mass is 35.5. The fraction of sp³-hybridized carbons (Fsp3) is 0.133. The first kappa shape index (κ1) is 12.5. The fourth-order valence-electron chi connectivity index (χ4n) is 2.30. The molecule has 3 rings (SSSR count). The molecule has 0 aliphatic rings. The standard InChI is InChI=1S/C15H13ClN2S/c1-10-4-2-7-13-14(10)17-15(19)18(13)9-11-5-3-6-12(16)8-11/h2-8H,9H2,1H3,(H,17,19). The van der Waals surface area contributed by atoms with Gasteiger partial charge in [0.2, 0.25) is 0 Å². The van der Waals surface area contributed by atoms with Gasteiger partial charge in [-0.2, -0.15) is 0 Å². The number of para-hydroxylation sites is 1. The first-order valence-corrected chi connectivity index (χ1v) is 6.86. The summed E-state index contributed by atoms with van der Waals surface area (Å²) in [5.41, 5.74) is 4.58. The Morgan fingerprint density at radius 1 is 1.21 bits per heavy atom. The molecule has 19 heavy (non-hydrogen) atoms. The molecule has 96 valence electrons. The molecule has 0 atom stereocenters. The number of benzene rings is 2. The highest BCUT2D eigenvalue weighted by Gasteiger charge is 2.06. The molecule has 0 saturated heterocycles. The van der Waals surface area contributed by atoms with Crippen LogP contribution in [0.5, 0.6) is 0 Å². The van der Waals surface area contributed by atoms with Crippen LogP contribution >= 0.6 is 23.8 Å². The number of halogens is 1. The first-order chi connectivity index (χ1) is 9.15. The quantitative estimate of drug-likeness (QED) is 0.677. The van der Waals surface area contributed by atoms with Crippen LogP contribution in [0, 0.1) is 11.7 Å². The Bertz CT molecular complexity index is 801. The molecule has 4 heteroatoms. The summed E-state index contributed by atoms with van der Waals surface area (Å²) in [6, 6.07) is 14.1. The third kappa shape index (κ3) is 2.31. The molecule has 1 heterocycles. The number of nitrogens with zero attached hydrogens (tertiary/aromatic N) is 1. The van der Waals surface area contributed by atoms with E-state index in [0.717, 1.165) is 32.9 Å². The van der Waals surface area contributed by atoms with Gasteiger partial charge in [-0.15, -0.1) is 0 Å². The second-order valence-corrected chi connectivity index (χ2v) is 5.44. The van der Waals surface area contributed by atoms with Crippen LogP contribution in [0.3, 0.4) is 0 Å². The topological polar surface area (TPSA) is 20.7 Å². The van der Waals surface area contributed by atoms with Crippen molar-refractivity contribution in [3.05, 3.63) is 63.4 Å². The number of imidazole rings is 1. The lowest BCUT2D eigenvalue weighted by atomic mass is 10.2. The molecule has 3 aromatic rings. The van der Waals surface area contributed by atoms with Crippen molar-refractivity contribution in [2.45, 2.75) is 13.5 Å². The molecular formula is C15H13ClN2S. The number of aromatic amines is 1. The summed E-state index contributed by atoms with van der Waals surface area (Å²) in [6.45, 7) is 2.81. The number of hydrogen-bond donors (Lipinski definition) is 1. The molecule has 0 aliphatic carbocycles. The molecule has 0 bridgehead atoms. The number of fused-ring (bicyclic) bond motifs is 1. The van der Waals surface area contributed by atoms with E-state index in [-0.39, 0.29) is 0 Å². The van der Waals surface area contributed by atoms with Crippen LogP contribution in [0.4, 0.5) is 0 Å². The third-order valence-electron chi connectivity index (χ3n) is 3.25. The summed E-state index contributed by atoms with van der Waals surface area (Å²) in [5, 5.41) is 0.750. The van der Waals surface area contributed by atoms with Crippen molar-refractivity contribution in [3.8, 4) is 0 Å². The van der Waals surface area contributed by atoms with Crippen molar-refractivity contribution in [3.63, 3.8) is 0 Å². The molecule has 0 saturated carbocycles. The van der Waals surface area contributed by atoms with Crippen molar-refractivity contribution in [1.82, 2.24) is 9.55 Å². The maximum atomic E-state index is 6.03. The van der Waals surface area contributed by atoms with Crippen LogP contribution in [-0.2, 0) is 6.54 Å². The van der Waals surface area contributed by atoms with Gasteiger partial charge in [0.05, 0.1) is 17.6 Å². The Balaban J connectivity index is 2.13. The van der Waals surface area contributed by atoms with Gasteiger partial charge in [-0.25, -0.2) is 0 Å². The zero-order valence-corrected chi connectivity index (χ0v) is 12.1. The molecule has 0 aliphatic heterocycles. The Labute approximate surface area is 121 Å². The predicted molar refractivity (Wildman–Crippen MR) is 82.4 cm³/mol. The minimum Gasteiger partial charge on any atom is -0.330 e. The first-order valence-electron chi connectivity index (χ1n) is 6.08. The average molecular weight is 289 g/mol. The Hall–Kier alpha value is -1.58. The number of aromatic nitrogens is 2. The van der Waals surface area contributed by atoms with Crippen molar-refractivity contribution in [1.29, 1.82) is 0 Å². The van der Waals surface area contributed by atoms with E-state index in [1.54, 1.807) is 0 Å². The van der Waals surface area contributed by atoms with Gasteiger partial charge in [-0.3, -0.25) is 0 Å². The van der Waals surface area contributed by atoms with E-state index in [0.29, 0.717) is 0 Å². The SMILES string of the molecule is Cc1cccc2c1[nH]c(=S)n2Cc1cccc(Cl)c1. The van der Waals surface area contributed by atoms with Crippen LogP contribution in [0.1, 0.15) is 11.1 Å². The van der Waals surface area contributed by atoms with Crippen LogP contribution in [0.2, 0.25) is 5.02 Å². The molecule has 2 aromatic carbocycles. The lowest BCUT2D eigenvalue weighted by molar-refractivity contribution is 0.810. The highest BCUT2D eigenvalue weighted by Crippen LogP contribution is 2.20. The van der Waals surface area contributed by atoms with Crippen molar-refractivity contribution in [2.24, 2.45) is 0 Å². The summed E-state index contributed by atoms with van der Waals surface area (Å²) in [4.78, 5) is 3.27.